The van der Waals surface area contributed by atoms with Crippen LogP contribution in [0.2, 0.25) is 0 Å². The monoisotopic (exact) mass is 1260 g/mol. The second kappa shape index (κ2) is 41.3. The van der Waals surface area contributed by atoms with Crippen LogP contribution in [0.4, 0.5) is 0 Å². The summed E-state index contributed by atoms with van der Waals surface area (Å²) in [5.41, 5.74) is 33.8. The second-order valence-corrected chi connectivity index (χ2v) is 23.7. The van der Waals surface area contributed by atoms with Crippen LogP contribution in [-0.2, 0) is 64.0 Å². The Bertz CT molecular complexity index is 2590. The van der Waals surface area contributed by atoms with Crippen LogP contribution in [0, 0.1) is 41.4 Å². The third-order valence-corrected chi connectivity index (χ3v) is 14.7. The summed E-state index contributed by atoms with van der Waals surface area (Å²) in [5, 5.41) is 53.8. The maximum absolute atomic E-state index is 14.5. The Morgan fingerprint density at radius 3 is 1.45 bits per heavy atom. The van der Waals surface area contributed by atoms with Crippen molar-refractivity contribution in [1.29, 1.82) is 0 Å². The molecule has 0 radical (unpaired) electrons. The van der Waals surface area contributed by atoms with Gasteiger partial charge >= 0.3 is 5.97 Å². The Hall–Kier alpha value is -7.92. The smallest absolute Gasteiger partial charge is 0.304 e. The third kappa shape index (κ3) is 32.2. The first kappa shape index (κ1) is 79.1. The molecule has 0 heterocycles. The first-order valence-electron chi connectivity index (χ1n) is 30.2. The summed E-state index contributed by atoms with van der Waals surface area (Å²) in [4.78, 5) is 170. The zero-order valence-corrected chi connectivity index (χ0v) is 52.5. The first-order chi connectivity index (χ1) is 41.7. The molecular weight excluding hydrogens is 1160 g/mol. The van der Waals surface area contributed by atoms with Gasteiger partial charge in [-0.1, -0.05) is 46.8 Å². The van der Waals surface area contributed by atoms with E-state index >= 15 is 0 Å². The van der Waals surface area contributed by atoms with Crippen LogP contribution in [0.1, 0.15) is 150 Å². The summed E-state index contributed by atoms with van der Waals surface area (Å²) in [6, 6.07) is -1.14. The van der Waals surface area contributed by atoms with Crippen molar-refractivity contribution in [3.8, 4) is 5.75 Å². The molecule has 0 fully saturated rings. The summed E-state index contributed by atoms with van der Waals surface area (Å²) >= 11 is 0. The SMILES string of the molecule is CC(=O)NC(CC(C)C)C(=O)C[C@@H](CCCN=C(N)N)C(=O)N[C@@H](CO)C(=O)C[C@@H](C)C(=O)N[C@H](C(=O)C[C@@H](CC(=O)O)C(=O)N[C@@H](CCCCN)C(=O)C[C@@H](Cc1ccc(O)cc1)C(=O)N[C@@H](CCCN=C(N)N)C(=O)C[C@@H](CC(C)C)C(N)=O)[C@@H](C)O. The molecule has 1 rings (SSSR count). The van der Waals surface area contributed by atoms with Crippen LogP contribution in [-0.4, -0.2) is 165 Å². The highest BCUT2D eigenvalue weighted by molar-refractivity contribution is 5.99. The molecule has 6 amide bonds. The Morgan fingerprint density at radius 2 is 0.966 bits per heavy atom. The average Bonchev–Trinajstić information content (AvgIpc) is 2.29. The molecule has 0 aliphatic rings. The molecule has 89 heavy (non-hydrogen) atoms. The predicted octanol–water partition coefficient (Wildman–Crippen LogP) is -1.06. The molecule has 0 bridgehead atoms. The number of rotatable bonds is 47. The molecule has 1 unspecified atom stereocenters. The number of aliphatic hydroxyl groups excluding tert-OH is 2. The normalized spacial score (nSPS) is 15.0. The number of aliphatic carboxylic acids is 1. The highest BCUT2D eigenvalue weighted by Gasteiger charge is 2.37. The fraction of sp³-hybridized carbons (Fsp3) is 0.667. The topological polar surface area (TPSA) is 527 Å². The molecule has 0 saturated carbocycles. The van der Waals surface area contributed by atoms with Gasteiger partial charge in [0, 0.05) is 75.8 Å². The number of guanidine groups is 2. The van der Waals surface area contributed by atoms with E-state index in [0.717, 1.165) is 6.92 Å². The van der Waals surface area contributed by atoms with E-state index in [1.807, 2.05) is 27.7 Å². The van der Waals surface area contributed by atoms with E-state index < -0.39 is 169 Å². The van der Waals surface area contributed by atoms with Crippen LogP contribution in [0.3, 0.4) is 0 Å². The number of Topliss-reactive ketones (excluding diaryl/α,β-unsaturated/α-hetero) is 5. The van der Waals surface area contributed by atoms with E-state index in [-0.39, 0.29) is 120 Å². The summed E-state index contributed by atoms with van der Waals surface area (Å²) in [5.74, 6) is -16.6. The Labute approximate surface area is 520 Å². The minimum atomic E-state index is -1.79. The van der Waals surface area contributed by atoms with Gasteiger partial charge < -0.3 is 81.4 Å². The fourth-order valence-electron chi connectivity index (χ4n) is 9.92. The molecule has 0 aliphatic heterocycles. The fourth-order valence-corrected chi connectivity index (χ4v) is 9.92. The zero-order chi connectivity index (χ0) is 67.7. The number of nitrogens with zero attached hydrogens (tertiary/aromatic N) is 2. The van der Waals surface area contributed by atoms with Crippen LogP contribution in [0.25, 0.3) is 0 Å². The van der Waals surface area contributed by atoms with Crippen molar-refractivity contribution in [3.05, 3.63) is 29.8 Å². The first-order valence-corrected chi connectivity index (χ1v) is 30.2. The largest absolute Gasteiger partial charge is 0.508 e. The number of carboxylic acids is 1. The number of amides is 6. The van der Waals surface area contributed by atoms with Crippen LogP contribution in [0.15, 0.2) is 34.3 Å². The van der Waals surface area contributed by atoms with Gasteiger partial charge in [-0.15, -0.1) is 0 Å². The van der Waals surface area contributed by atoms with E-state index in [1.54, 1.807) is 0 Å². The van der Waals surface area contributed by atoms with E-state index in [2.05, 4.69) is 36.6 Å². The minimum absolute atomic E-state index is 0.0105. The number of phenols is 1. The molecule has 29 nitrogen and oxygen atoms in total. The van der Waals surface area contributed by atoms with Gasteiger partial charge in [0.15, 0.2) is 40.8 Å². The van der Waals surface area contributed by atoms with E-state index in [0.29, 0.717) is 12.0 Å². The van der Waals surface area contributed by atoms with Gasteiger partial charge in [-0.3, -0.25) is 67.5 Å². The van der Waals surface area contributed by atoms with Crippen LogP contribution in [0.5, 0.6) is 5.75 Å². The highest BCUT2D eigenvalue weighted by Crippen LogP contribution is 2.24. The second-order valence-electron chi connectivity index (χ2n) is 23.7. The number of carbonyl (C=O) groups excluding carboxylic acids is 11. The van der Waals surface area contributed by atoms with Crippen molar-refractivity contribution in [2.75, 3.05) is 26.2 Å². The Balaban J connectivity index is 3.51. The number of aliphatic imine (C=N–C) groups is 2. The number of aliphatic hydroxyl groups is 2. The Morgan fingerprint density at radius 1 is 0.506 bits per heavy atom. The number of nitrogens with two attached hydrogens (primary N) is 6. The number of nitrogens with one attached hydrogen (secondary N) is 5. The number of hydrogen-bond donors (Lipinski definition) is 15. The lowest BCUT2D eigenvalue weighted by atomic mass is 9.87. The number of primary amides is 1. The molecule has 500 valence electrons. The lowest BCUT2D eigenvalue weighted by Crippen LogP contribution is -2.52. The number of carbonyl (C=O) groups is 12. The van der Waals surface area contributed by atoms with E-state index in [9.17, 15) is 78.0 Å². The number of phenolic OH excluding ortho intramolecular Hbond substituents is 1. The molecule has 29 heteroatoms. The summed E-state index contributed by atoms with van der Waals surface area (Å²) < 4.78 is 0. The van der Waals surface area contributed by atoms with Crippen LogP contribution < -0.4 is 61.0 Å². The molecule has 0 spiro atoms. The highest BCUT2D eigenvalue weighted by atomic mass is 16.4. The maximum Gasteiger partial charge on any atom is 0.304 e. The number of unbranched alkanes of at least 4 members (excludes halogenated alkanes) is 1. The van der Waals surface area contributed by atoms with Crippen molar-refractivity contribution in [1.82, 2.24) is 26.6 Å². The van der Waals surface area contributed by atoms with Gasteiger partial charge in [0.25, 0.3) is 0 Å². The van der Waals surface area contributed by atoms with Crippen molar-refractivity contribution in [2.24, 2.45) is 85.8 Å². The third-order valence-electron chi connectivity index (χ3n) is 14.7. The lowest BCUT2D eigenvalue weighted by Gasteiger charge is -2.27. The summed E-state index contributed by atoms with van der Waals surface area (Å²) in [6.07, 6.45) is -3.94. The summed E-state index contributed by atoms with van der Waals surface area (Å²) in [7, 11) is 0. The summed E-state index contributed by atoms with van der Waals surface area (Å²) in [6.45, 7) is 10.5. The van der Waals surface area contributed by atoms with Gasteiger partial charge in [-0.2, -0.15) is 0 Å². The van der Waals surface area contributed by atoms with Crippen molar-refractivity contribution in [3.63, 3.8) is 0 Å². The molecule has 0 aromatic heterocycles. The molecule has 0 saturated heterocycles. The number of benzene rings is 1. The van der Waals surface area contributed by atoms with E-state index in [1.165, 1.54) is 38.1 Å². The van der Waals surface area contributed by atoms with Crippen LogP contribution >= 0.6 is 0 Å². The molecule has 1 aromatic carbocycles. The molecule has 0 aliphatic carbocycles. The van der Waals surface area contributed by atoms with Gasteiger partial charge in [0.05, 0.1) is 43.2 Å². The molecular formula is C60H99N13O16. The molecule has 11 atom stereocenters. The zero-order valence-electron chi connectivity index (χ0n) is 52.5. The number of ketones is 5. The van der Waals surface area contributed by atoms with Gasteiger partial charge in [0.2, 0.25) is 35.4 Å². The minimum Gasteiger partial charge on any atom is -0.508 e. The predicted molar refractivity (Wildman–Crippen MR) is 330 cm³/mol. The number of aromatic hydroxyl groups is 1. The van der Waals surface area contributed by atoms with Crippen molar-refractivity contribution >= 4 is 82.2 Å². The molecule has 1 aromatic rings. The number of hydrogen-bond acceptors (Lipinski definition) is 18. The quantitative estimate of drug-likeness (QED) is 0.0210. The van der Waals surface area contributed by atoms with Gasteiger partial charge in [0.1, 0.15) is 17.8 Å². The van der Waals surface area contributed by atoms with Gasteiger partial charge in [-0.25, -0.2) is 0 Å². The number of carboxylic acid groups (broad SMARTS) is 1. The van der Waals surface area contributed by atoms with Crippen molar-refractivity contribution in [2.45, 2.75) is 188 Å². The molecule has 21 N–H and O–H groups in total. The maximum atomic E-state index is 14.5. The van der Waals surface area contributed by atoms with E-state index in [4.69, 9.17) is 34.4 Å². The van der Waals surface area contributed by atoms with Crippen molar-refractivity contribution < 1.29 is 78.0 Å². The Kier molecular flexibility index (Phi) is 36.7. The lowest BCUT2D eigenvalue weighted by molar-refractivity contribution is -0.143. The average molecular weight is 1260 g/mol. The van der Waals surface area contributed by atoms with Gasteiger partial charge in [-0.05, 0) is 107 Å². The standard InChI is InChI=1S/C60H99N13O16/c1-32(2)22-39(54(62)85)27-48(79)44(14-11-21-68-60(65)66)71-57(88)40(25-37-15-17-42(77)18-16-37)28-49(80)43(13-8-9-19-61)70-58(89)41(30-52(83)84)29-51(82)53(35(6)75)73-55(86)34(5)24-47(78)46(31-74)72-56(87)38(12-10-20-67-59(63)64)26-50(81)45(23-33(3)4)69-36(7)76/h15-18,32-35,38-41,43-46,53,74-75,77H,8-14,19-31,61H2,1-7H3,(H2,62,85)(H,69,76)(H,70,89)(H,71,88)(H,72,87)(H,73,86)(H,83,84)(H4,63,64,67)(H4,65,66,68)/t34-,35-,38-,39-,40-,41+,43+,44+,45?,46+,53+/m1/s1.